The summed E-state index contributed by atoms with van der Waals surface area (Å²) in [6.07, 6.45) is 6.92. The van der Waals surface area contributed by atoms with E-state index < -0.39 is 11.8 Å². The van der Waals surface area contributed by atoms with Gasteiger partial charge in [-0.1, -0.05) is 62.9 Å². The number of amides is 1. The predicted molar refractivity (Wildman–Crippen MR) is 96.5 cm³/mol. The molecule has 1 aromatic carbocycles. The van der Waals surface area contributed by atoms with Crippen molar-refractivity contribution >= 4 is 5.91 Å². The van der Waals surface area contributed by atoms with Crippen molar-refractivity contribution < 1.29 is 19.7 Å². The summed E-state index contributed by atoms with van der Waals surface area (Å²) in [7, 11) is 1.46. The Bertz CT molecular complexity index is 587. The summed E-state index contributed by atoms with van der Waals surface area (Å²) >= 11 is 0. The van der Waals surface area contributed by atoms with Crippen molar-refractivity contribution in [2.75, 3.05) is 13.7 Å². The van der Waals surface area contributed by atoms with E-state index in [-0.39, 0.29) is 18.3 Å². The van der Waals surface area contributed by atoms with Gasteiger partial charge in [-0.2, -0.15) is 0 Å². The molecule has 2 N–H and O–H groups in total. The van der Waals surface area contributed by atoms with Crippen molar-refractivity contribution in [2.45, 2.75) is 57.2 Å². The highest BCUT2D eigenvalue weighted by Gasteiger charge is 2.50. The molecule has 0 saturated carbocycles. The number of hydrogen-bond donors (Lipinski definition) is 2. The third-order valence-electron chi connectivity index (χ3n) is 4.80. The van der Waals surface area contributed by atoms with Crippen LogP contribution < -0.4 is 0 Å². The van der Waals surface area contributed by atoms with Gasteiger partial charge in [-0.05, 0) is 12.0 Å². The van der Waals surface area contributed by atoms with Gasteiger partial charge in [-0.3, -0.25) is 9.69 Å². The molecule has 0 aliphatic carbocycles. The Balaban J connectivity index is 2.22. The number of aliphatic hydroxyl groups is 2. The third kappa shape index (κ3) is 4.22. The Labute approximate surface area is 149 Å². The Kier molecular flexibility index (Phi) is 7.02. The van der Waals surface area contributed by atoms with Crippen LogP contribution in [0.2, 0.25) is 0 Å². The number of carbonyl (C=O) groups excluding carboxylic acids is 1. The Morgan fingerprint density at radius 2 is 1.84 bits per heavy atom. The van der Waals surface area contributed by atoms with Gasteiger partial charge in [0.1, 0.15) is 0 Å². The normalized spacial score (nSPS) is 21.4. The van der Waals surface area contributed by atoms with E-state index in [1.54, 1.807) is 0 Å². The zero-order valence-corrected chi connectivity index (χ0v) is 15.1. The Morgan fingerprint density at radius 1 is 1.16 bits per heavy atom. The molecule has 0 fully saturated rings. The molecule has 1 aromatic rings. The molecule has 2 atom stereocenters. The van der Waals surface area contributed by atoms with E-state index in [0.29, 0.717) is 6.42 Å². The van der Waals surface area contributed by atoms with Gasteiger partial charge in [-0.15, -0.1) is 0 Å². The molecule has 0 aromatic heterocycles. The number of methoxy groups -OCH3 is 1. The molecule has 2 rings (SSSR count). The lowest BCUT2D eigenvalue weighted by Crippen LogP contribution is -2.51. The number of rotatable bonds is 10. The average molecular weight is 347 g/mol. The molecule has 5 nitrogen and oxygen atoms in total. The Hall–Kier alpha value is -1.85. The first-order valence-electron chi connectivity index (χ1n) is 9.06. The smallest absolute Gasteiger partial charge is 0.253 e. The van der Waals surface area contributed by atoms with Gasteiger partial charge in [0.25, 0.3) is 5.91 Å². The molecule has 1 aliphatic rings. The van der Waals surface area contributed by atoms with Crippen LogP contribution in [0, 0.1) is 0 Å². The van der Waals surface area contributed by atoms with Crippen LogP contribution in [0.5, 0.6) is 0 Å². The fourth-order valence-electron chi connectivity index (χ4n) is 3.46. The van der Waals surface area contributed by atoms with E-state index in [9.17, 15) is 15.0 Å². The highest BCUT2D eigenvalue weighted by molar-refractivity contribution is 5.92. The van der Waals surface area contributed by atoms with Crippen LogP contribution in [0.1, 0.15) is 57.1 Å². The molecular weight excluding hydrogens is 318 g/mol. The van der Waals surface area contributed by atoms with Crippen LogP contribution in [-0.4, -0.2) is 40.5 Å². The second kappa shape index (κ2) is 9.02. The molecule has 1 unspecified atom stereocenters. The van der Waals surface area contributed by atoms with E-state index in [1.165, 1.54) is 18.1 Å². The molecule has 0 radical (unpaired) electrons. The van der Waals surface area contributed by atoms with Gasteiger partial charge in [-0.25, -0.2) is 0 Å². The van der Waals surface area contributed by atoms with E-state index in [4.69, 9.17) is 4.74 Å². The third-order valence-corrected chi connectivity index (χ3v) is 4.80. The maximum atomic E-state index is 12.6. The fraction of sp³-hybridized carbons (Fsp3) is 0.550. The van der Waals surface area contributed by atoms with E-state index in [1.807, 2.05) is 30.3 Å². The van der Waals surface area contributed by atoms with Crippen molar-refractivity contribution in [3.05, 3.63) is 47.7 Å². The SMILES string of the molecule is CCCCCCCC1(O)C(OC)=CC(=O)N1[C@H](CO)c1ccccc1. The fourth-order valence-corrected chi connectivity index (χ4v) is 3.46. The topological polar surface area (TPSA) is 70.0 Å². The molecule has 0 bridgehead atoms. The van der Waals surface area contributed by atoms with Crippen molar-refractivity contribution in [1.82, 2.24) is 4.90 Å². The zero-order chi connectivity index (χ0) is 18.3. The lowest BCUT2D eigenvalue weighted by atomic mass is 9.98. The maximum Gasteiger partial charge on any atom is 0.253 e. The van der Waals surface area contributed by atoms with Crippen LogP contribution in [0.3, 0.4) is 0 Å². The lowest BCUT2D eigenvalue weighted by molar-refractivity contribution is -0.159. The summed E-state index contributed by atoms with van der Waals surface area (Å²) in [6, 6.07) is 8.67. The van der Waals surface area contributed by atoms with Gasteiger partial charge < -0.3 is 14.9 Å². The van der Waals surface area contributed by atoms with Crippen molar-refractivity contribution in [1.29, 1.82) is 0 Å². The molecule has 0 spiro atoms. The highest BCUT2D eigenvalue weighted by Crippen LogP contribution is 2.40. The average Bonchev–Trinajstić information content (AvgIpc) is 2.88. The first-order chi connectivity index (χ1) is 12.1. The summed E-state index contributed by atoms with van der Waals surface area (Å²) in [5, 5.41) is 21.2. The molecule has 5 heteroatoms. The summed E-state index contributed by atoms with van der Waals surface area (Å²) in [4.78, 5) is 13.9. The van der Waals surface area contributed by atoms with Crippen LogP contribution in [-0.2, 0) is 9.53 Å². The van der Waals surface area contributed by atoms with Crippen molar-refractivity contribution in [2.24, 2.45) is 0 Å². The van der Waals surface area contributed by atoms with Gasteiger partial charge in [0.15, 0.2) is 11.5 Å². The number of unbranched alkanes of at least 4 members (excludes halogenated alkanes) is 4. The molecule has 25 heavy (non-hydrogen) atoms. The quantitative estimate of drug-likeness (QED) is 0.638. The number of carbonyl (C=O) groups is 1. The van der Waals surface area contributed by atoms with Crippen molar-refractivity contribution in [3.8, 4) is 0 Å². The number of nitrogens with zero attached hydrogens (tertiary/aromatic N) is 1. The molecule has 1 amide bonds. The van der Waals surface area contributed by atoms with Crippen molar-refractivity contribution in [3.63, 3.8) is 0 Å². The number of benzene rings is 1. The summed E-state index contributed by atoms with van der Waals surface area (Å²) in [5.41, 5.74) is -0.727. The van der Waals surface area contributed by atoms with E-state index in [0.717, 1.165) is 37.7 Å². The van der Waals surface area contributed by atoms with Crippen LogP contribution in [0.25, 0.3) is 0 Å². The summed E-state index contributed by atoms with van der Waals surface area (Å²) in [6.45, 7) is 1.89. The minimum Gasteiger partial charge on any atom is -0.496 e. The van der Waals surface area contributed by atoms with Gasteiger partial charge >= 0.3 is 0 Å². The summed E-state index contributed by atoms with van der Waals surface area (Å²) < 4.78 is 5.30. The van der Waals surface area contributed by atoms with Crippen LogP contribution >= 0.6 is 0 Å². The predicted octanol–water partition coefficient (Wildman–Crippen LogP) is 3.14. The minimum atomic E-state index is -1.51. The maximum absolute atomic E-state index is 12.6. The van der Waals surface area contributed by atoms with E-state index >= 15 is 0 Å². The first kappa shape index (κ1) is 19.5. The monoisotopic (exact) mass is 347 g/mol. The standard InChI is InChI=1S/C20H29NO4/c1-3-4-5-6-10-13-20(24)18(25-2)14-19(23)21(20)17(15-22)16-11-8-7-9-12-16/h7-9,11-12,14,17,22,24H,3-6,10,13,15H2,1-2H3/t17-,20?/m1/s1. The number of ether oxygens (including phenoxy) is 1. The number of aliphatic hydroxyl groups excluding tert-OH is 1. The number of hydrogen-bond acceptors (Lipinski definition) is 4. The molecule has 1 aliphatic heterocycles. The highest BCUT2D eigenvalue weighted by atomic mass is 16.5. The van der Waals surface area contributed by atoms with Crippen LogP contribution in [0.4, 0.5) is 0 Å². The second-order valence-electron chi connectivity index (χ2n) is 6.51. The minimum absolute atomic E-state index is 0.252. The zero-order valence-electron chi connectivity index (χ0n) is 15.1. The molecule has 138 valence electrons. The second-order valence-corrected chi connectivity index (χ2v) is 6.51. The molecule has 1 heterocycles. The van der Waals surface area contributed by atoms with Gasteiger partial charge in [0.2, 0.25) is 0 Å². The first-order valence-corrected chi connectivity index (χ1v) is 9.06. The van der Waals surface area contributed by atoms with Crippen LogP contribution in [0.15, 0.2) is 42.2 Å². The largest absolute Gasteiger partial charge is 0.496 e. The van der Waals surface area contributed by atoms with E-state index in [2.05, 4.69) is 6.92 Å². The molecule has 0 saturated heterocycles. The lowest BCUT2D eigenvalue weighted by Gasteiger charge is -2.40. The Morgan fingerprint density at radius 3 is 2.44 bits per heavy atom. The summed E-state index contributed by atoms with van der Waals surface area (Å²) in [5.74, 6) is -0.0850. The van der Waals surface area contributed by atoms with Gasteiger partial charge in [0, 0.05) is 12.5 Å². The molecular formula is C20H29NO4. The van der Waals surface area contributed by atoms with Gasteiger partial charge in [0.05, 0.1) is 19.8 Å².